The Labute approximate surface area is 152 Å². The van der Waals surface area contributed by atoms with Crippen LogP contribution in [0.4, 0.5) is 4.79 Å². The average Bonchev–Trinajstić information content (AvgIpc) is 2.68. The van der Waals surface area contributed by atoms with Crippen molar-refractivity contribution < 1.29 is 24.2 Å². The van der Waals surface area contributed by atoms with Gasteiger partial charge in [0.05, 0.1) is 12.7 Å². The lowest BCUT2D eigenvalue weighted by molar-refractivity contribution is 0.0600. The zero-order valence-electron chi connectivity index (χ0n) is 14.6. The molecular weight excluding hydrogens is 334 g/mol. The fraction of sp³-hybridized carbons (Fsp3) is 0.300. The summed E-state index contributed by atoms with van der Waals surface area (Å²) in [6.45, 7) is 1.01. The first-order valence-electron chi connectivity index (χ1n) is 8.50. The van der Waals surface area contributed by atoms with E-state index < -0.39 is 6.09 Å². The largest absolute Gasteiger partial charge is 0.490 e. The summed E-state index contributed by atoms with van der Waals surface area (Å²) in [7, 11) is 1.36. The van der Waals surface area contributed by atoms with Gasteiger partial charge in [-0.3, -0.25) is 0 Å². The first kappa shape index (κ1) is 17.8. The van der Waals surface area contributed by atoms with Crippen LogP contribution in [0.3, 0.4) is 0 Å². The molecule has 6 heteroatoms. The SMILES string of the molecule is COC(=O)c1ccc(-c2ccc(OC3CCN(C(=O)O)CC3)cc2)cc1. The quantitative estimate of drug-likeness (QED) is 0.847. The number of hydrogen-bond donors (Lipinski definition) is 1. The topological polar surface area (TPSA) is 76.1 Å². The summed E-state index contributed by atoms with van der Waals surface area (Å²) in [5, 5.41) is 8.97. The lowest BCUT2D eigenvalue weighted by atomic mass is 10.0. The number of rotatable bonds is 4. The van der Waals surface area contributed by atoms with E-state index in [1.165, 1.54) is 12.0 Å². The number of hydrogen-bond acceptors (Lipinski definition) is 4. The summed E-state index contributed by atoms with van der Waals surface area (Å²) in [5.41, 5.74) is 2.54. The molecule has 0 unspecified atom stereocenters. The number of methoxy groups -OCH3 is 1. The number of ether oxygens (including phenoxy) is 2. The molecule has 1 saturated heterocycles. The molecule has 1 heterocycles. The zero-order chi connectivity index (χ0) is 18.5. The number of nitrogens with zero attached hydrogens (tertiary/aromatic N) is 1. The molecular formula is C20H21NO5. The highest BCUT2D eigenvalue weighted by Gasteiger charge is 2.23. The van der Waals surface area contributed by atoms with Crippen molar-refractivity contribution in [1.29, 1.82) is 0 Å². The Morgan fingerprint density at radius 3 is 2.00 bits per heavy atom. The van der Waals surface area contributed by atoms with Crippen LogP contribution in [0.5, 0.6) is 5.75 Å². The van der Waals surface area contributed by atoms with Crippen LogP contribution < -0.4 is 4.74 Å². The fourth-order valence-electron chi connectivity index (χ4n) is 3.00. The van der Waals surface area contributed by atoms with Gasteiger partial charge in [-0.15, -0.1) is 0 Å². The third-order valence-corrected chi connectivity index (χ3v) is 4.51. The van der Waals surface area contributed by atoms with Gasteiger partial charge in [0, 0.05) is 25.9 Å². The predicted molar refractivity (Wildman–Crippen MR) is 96.5 cm³/mol. The molecule has 1 fully saturated rings. The second-order valence-electron chi connectivity index (χ2n) is 6.18. The van der Waals surface area contributed by atoms with Crippen LogP contribution in [0.2, 0.25) is 0 Å². The van der Waals surface area contributed by atoms with Gasteiger partial charge < -0.3 is 19.5 Å². The van der Waals surface area contributed by atoms with Gasteiger partial charge in [0.15, 0.2) is 0 Å². The smallest absolute Gasteiger partial charge is 0.407 e. The molecule has 3 rings (SSSR count). The molecule has 0 atom stereocenters. The van der Waals surface area contributed by atoms with E-state index in [2.05, 4.69) is 0 Å². The van der Waals surface area contributed by atoms with E-state index in [-0.39, 0.29) is 12.1 Å². The van der Waals surface area contributed by atoms with Gasteiger partial charge in [-0.25, -0.2) is 9.59 Å². The van der Waals surface area contributed by atoms with Crippen LogP contribution in [0, 0.1) is 0 Å². The average molecular weight is 355 g/mol. The third kappa shape index (κ3) is 4.14. The van der Waals surface area contributed by atoms with Crippen LogP contribution in [0.25, 0.3) is 11.1 Å². The molecule has 136 valence electrons. The summed E-state index contributed by atoms with van der Waals surface area (Å²) < 4.78 is 10.7. The Morgan fingerprint density at radius 1 is 0.962 bits per heavy atom. The predicted octanol–water partition coefficient (Wildman–Crippen LogP) is 3.66. The van der Waals surface area contributed by atoms with Crippen LogP contribution in [-0.2, 0) is 4.74 Å². The van der Waals surface area contributed by atoms with Crippen molar-refractivity contribution in [3.8, 4) is 16.9 Å². The van der Waals surface area contributed by atoms with Gasteiger partial charge in [0.1, 0.15) is 11.9 Å². The van der Waals surface area contributed by atoms with Gasteiger partial charge in [-0.1, -0.05) is 24.3 Å². The van der Waals surface area contributed by atoms with E-state index in [1.807, 2.05) is 36.4 Å². The van der Waals surface area contributed by atoms with E-state index >= 15 is 0 Å². The van der Waals surface area contributed by atoms with Crippen molar-refractivity contribution in [2.75, 3.05) is 20.2 Å². The van der Waals surface area contributed by atoms with Crippen molar-refractivity contribution in [3.63, 3.8) is 0 Å². The summed E-state index contributed by atoms with van der Waals surface area (Å²) in [6.07, 6.45) is 0.563. The number of benzene rings is 2. The van der Waals surface area contributed by atoms with E-state index in [0.717, 1.165) is 16.9 Å². The minimum Gasteiger partial charge on any atom is -0.490 e. The number of amides is 1. The van der Waals surface area contributed by atoms with Crippen LogP contribution in [0.1, 0.15) is 23.2 Å². The van der Waals surface area contributed by atoms with E-state index in [1.54, 1.807) is 12.1 Å². The summed E-state index contributed by atoms with van der Waals surface area (Å²) in [4.78, 5) is 23.8. The minimum atomic E-state index is -0.869. The van der Waals surface area contributed by atoms with Crippen molar-refractivity contribution in [3.05, 3.63) is 54.1 Å². The van der Waals surface area contributed by atoms with Gasteiger partial charge in [-0.2, -0.15) is 0 Å². The second kappa shape index (κ2) is 7.91. The number of carboxylic acid groups (broad SMARTS) is 1. The Kier molecular flexibility index (Phi) is 5.41. The Bertz CT molecular complexity index is 762. The number of piperidine rings is 1. The molecule has 0 radical (unpaired) electrons. The number of likely N-dealkylation sites (tertiary alicyclic amines) is 1. The molecule has 0 aliphatic carbocycles. The second-order valence-corrected chi connectivity index (χ2v) is 6.18. The Hall–Kier alpha value is -3.02. The molecule has 1 amide bonds. The van der Waals surface area contributed by atoms with Gasteiger partial charge >= 0.3 is 12.1 Å². The highest BCUT2D eigenvalue weighted by molar-refractivity contribution is 5.89. The van der Waals surface area contributed by atoms with Crippen molar-refractivity contribution >= 4 is 12.1 Å². The van der Waals surface area contributed by atoms with Crippen molar-refractivity contribution in [2.24, 2.45) is 0 Å². The van der Waals surface area contributed by atoms with E-state index in [0.29, 0.717) is 31.5 Å². The maximum Gasteiger partial charge on any atom is 0.407 e. The van der Waals surface area contributed by atoms with Gasteiger partial charge in [0.25, 0.3) is 0 Å². The zero-order valence-corrected chi connectivity index (χ0v) is 14.6. The monoisotopic (exact) mass is 355 g/mol. The maximum absolute atomic E-state index is 11.5. The Balaban J connectivity index is 1.60. The highest BCUT2D eigenvalue weighted by Crippen LogP contribution is 2.25. The minimum absolute atomic E-state index is 0.0378. The molecule has 1 N–H and O–H groups in total. The third-order valence-electron chi connectivity index (χ3n) is 4.51. The molecule has 2 aromatic carbocycles. The lowest BCUT2D eigenvalue weighted by Gasteiger charge is -2.30. The van der Waals surface area contributed by atoms with E-state index in [4.69, 9.17) is 14.6 Å². The van der Waals surface area contributed by atoms with Crippen LogP contribution >= 0.6 is 0 Å². The summed E-state index contributed by atoms with van der Waals surface area (Å²) >= 11 is 0. The molecule has 0 bridgehead atoms. The van der Waals surface area contributed by atoms with Gasteiger partial charge in [-0.05, 0) is 35.4 Å². The molecule has 0 spiro atoms. The molecule has 6 nitrogen and oxygen atoms in total. The maximum atomic E-state index is 11.5. The standard InChI is InChI=1S/C20H21NO5/c1-25-19(22)16-4-2-14(3-5-16)15-6-8-17(9-7-15)26-18-10-12-21(13-11-18)20(23)24/h2-9,18H,10-13H2,1H3,(H,23,24). The fourth-order valence-corrected chi connectivity index (χ4v) is 3.00. The molecule has 0 saturated carbocycles. The molecule has 26 heavy (non-hydrogen) atoms. The molecule has 1 aliphatic rings. The van der Waals surface area contributed by atoms with Crippen LogP contribution in [0.15, 0.2) is 48.5 Å². The first-order valence-corrected chi connectivity index (χ1v) is 8.50. The van der Waals surface area contributed by atoms with Crippen molar-refractivity contribution in [2.45, 2.75) is 18.9 Å². The molecule has 1 aliphatic heterocycles. The normalized spacial score (nSPS) is 14.7. The molecule has 2 aromatic rings. The lowest BCUT2D eigenvalue weighted by Crippen LogP contribution is -2.41. The summed E-state index contributed by atoms with van der Waals surface area (Å²) in [5.74, 6) is 0.419. The van der Waals surface area contributed by atoms with Gasteiger partial charge in [0.2, 0.25) is 0 Å². The van der Waals surface area contributed by atoms with E-state index in [9.17, 15) is 9.59 Å². The van der Waals surface area contributed by atoms with Crippen molar-refractivity contribution in [1.82, 2.24) is 4.90 Å². The first-order chi connectivity index (χ1) is 12.6. The highest BCUT2D eigenvalue weighted by atomic mass is 16.5. The number of carbonyl (C=O) groups excluding carboxylic acids is 1. The molecule has 0 aromatic heterocycles. The van der Waals surface area contributed by atoms with Crippen LogP contribution in [-0.4, -0.2) is 48.4 Å². The summed E-state index contributed by atoms with van der Waals surface area (Å²) in [6, 6.07) is 15.0. The number of carbonyl (C=O) groups is 2. The number of esters is 1. The Morgan fingerprint density at radius 2 is 1.50 bits per heavy atom.